The largest absolute Gasteiger partial charge is 0.489 e. The molecule has 0 spiro atoms. The lowest BCUT2D eigenvalue weighted by molar-refractivity contribution is -0.123. The number of amides is 2. The minimum atomic E-state index is -0.386. The van der Waals surface area contributed by atoms with E-state index < -0.39 is 0 Å². The molecule has 2 amide bonds. The standard InChI is InChI=1S/C20H24N2O3/c1-13(2)25-18-11-6-5-9-17(18)22-20(24)12-19(23)21-16-10-7-8-14(3)15(16)4/h5-11,13H,12H2,1-4H3,(H,21,23)(H,22,24). The molecule has 2 aromatic rings. The second-order valence-electron chi connectivity index (χ2n) is 6.18. The number of hydrogen-bond acceptors (Lipinski definition) is 3. The molecule has 2 aromatic carbocycles. The molecule has 0 aliphatic rings. The number of benzene rings is 2. The molecule has 0 atom stereocenters. The van der Waals surface area contributed by atoms with Crippen LogP contribution in [0.1, 0.15) is 31.4 Å². The maximum atomic E-state index is 12.2. The molecule has 0 aromatic heterocycles. The van der Waals surface area contributed by atoms with Gasteiger partial charge in [0.1, 0.15) is 12.2 Å². The Kier molecular flexibility index (Phi) is 6.17. The monoisotopic (exact) mass is 340 g/mol. The summed E-state index contributed by atoms with van der Waals surface area (Å²) in [7, 11) is 0. The summed E-state index contributed by atoms with van der Waals surface area (Å²) in [5.74, 6) is -0.156. The summed E-state index contributed by atoms with van der Waals surface area (Å²) in [5, 5.41) is 5.52. The van der Waals surface area contributed by atoms with Gasteiger partial charge in [-0.2, -0.15) is 0 Å². The maximum Gasteiger partial charge on any atom is 0.233 e. The van der Waals surface area contributed by atoms with Crippen molar-refractivity contribution in [3.63, 3.8) is 0 Å². The molecule has 132 valence electrons. The number of para-hydroxylation sites is 2. The fourth-order valence-corrected chi connectivity index (χ4v) is 2.35. The van der Waals surface area contributed by atoms with Gasteiger partial charge in [-0.05, 0) is 57.0 Å². The zero-order chi connectivity index (χ0) is 18.4. The van der Waals surface area contributed by atoms with Gasteiger partial charge in [0, 0.05) is 5.69 Å². The highest BCUT2D eigenvalue weighted by Gasteiger charge is 2.14. The van der Waals surface area contributed by atoms with Crippen molar-refractivity contribution in [2.24, 2.45) is 0 Å². The number of carbonyl (C=O) groups is 2. The minimum absolute atomic E-state index is 0.00866. The number of anilines is 2. The van der Waals surface area contributed by atoms with Crippen LogP contribution in [-0.4, -0.2) is 17.9 Å². The average molecular weight is 340 g/mol. The predicted octanol–water partition coefficient (Wildman–Crippen LogP) is 4.06. The molecule has 25 heavy (non-hydrogen) atoms. The van der Waals surface area contributed by atoms with Gasteiger partial charge in [-0.3, -0.25) is 9.59 Å². The third kappa shape index (κ3) is 5.35. The highest BCUT2D eigenvalue weighted by molar-refractivity contribution is 6.08. The lowest BCUT2D eigenvalue weighted by Gasteiger charge is -2.15. The van der Waals surface area contributed by atoms with E-state index in [4.69, 9.17) is 4.74 Å². The second kappa shape index (κ2) is 8.33. The predicted molar refractivity (Wildman–Crippen MR) is 100.0 cm³/mol. The molecular weight excluding hydrogens is 316 g/mol. The van der Waals surface area contributed by atoms with Crippen LogP contribution in [0.25, 0.3) is 0 Å². The van der Waals surface area contributed by atoms with Crippen molar-refractivity contribution in [2.75, 3.05) is 10.6 Å². The lowest BCUT2D eigenvalue weighted by atomic mass is 10.1. The van der Waals surface area contributed by atoms with Gasteiger partial charge >= 0.3 is 0 Å². The summed E-state index contributed by atoms with van der Waals surface area (Å²) in [4.78, 5) is 24.3. The summed E-state index contributed by atoms with van der Waals surface area (Å²) in [6.45, 7) is 7.74. The van der Waals surface area contributed by atoms with Crippen LogP contribution in [0.2, 0.25) is 0 Å². The molecule has 0 saturated heterocycles. The van der Waals surface area contributed by atoms with E-state index in [0.29, 0.717) is 11.4 Å². The Hall–Kier alpha value is -2.82. The van der Waals surface area contributed by atoms with E-state index in [2.05, 4.69) is 10.6 Å². The molecule has 0 saturated carbocycles. The minimum Gasteiger partial charge on any atom is -0.489 e. The zero-order valence-corrected chi connectivity index (χ0v) is 15.1. The molecule has 0 bridgehead atoms. The Labute approximate surface area is 148 Å². The Morgan fingerprint density at radius 1 is 0.920 bits per heavy atom. The second-order valence-corrected chi connectivity index (χ2v) is 6.18. The van der Waals surface area contributed by atoms with Crippen LogP contribution in [0, 0.1) is 13.8 Å². The van der Waals surface area contributed by atoms with Crippen molar-refractivity contribution in [1.82, 2.24) is 0 Å². The summed E-state index contributed by atoms with van der Waals surface area (Å²) < 4.78 is 5.66. The number of rotatable bonds is 6. The number of nitrogens with one attached hydrogen (secondary N) is 2. The van der Waals surface area contributed by atoms with E-state index in [0.717, 1.165) is 16.8 Å². The van der Waals surface area contributed by atoms with Crippen molar-refractivity contribution in [2.45, 2.75) is 40.2 Å². The van der Waals surface area contributed by atoms with E-state index in [-0.39, 0.29) is 24.3 Å². The third-order valence-electron chi connectivity index (χ3n) is 3.72. The molecule has 0 unspecified atom stereocenters. The van der Waals surface area contributed by atoms with Crippen LogP contribution in [0.5, 0.6) is 5.75 Å². The van der Waals surface area contributed by atoms with E-state index in [1.807, 2.05) is 52.0 Å². The third-order valence-corrected chi connectivity index (χ3v) is 3.72. The molecular formula is C20H24N2O3. The van der Waals surface area contributed by atoms with Gasteiger partial charge in [0.2, 0.25) is 11.8 Å². The van der Waals surface area contributed by atoms with Crippen LogP contribution in [0.4, 0.5) is 11.4 Å². The first-order valence-corrected chi connectivity index (χ1v) is 8.28. The van der Waals surface area contributed by atoms with E-state index in [1.165, 1.54) is 0 Å². The van der Waals surface area contributed by atoms with Gasteiger partial charge in [0.15, 0.2) is 0 Å². The molecule has 0 aliphatic heterocycles. The molecule has 5 heteroatoms. The first kappa shape index (κ1) is 18.5. The van der Waals surface area contributed by atoms with E-state index in [1.54, 1.807) is 18.2 Å². The average Bonchev–Trinajstić information content (AvgIpc) is 2.53. The van der Waals surface area contributed by atoms with Crippen molar-refractivity contribution >= 4 is 23.2 Å². The van der Waals surface area contributed by atoms with Gasteiger partial charge in [0.25, 0.3) is 0 Å². The van der Waals surface area contributed by atoms with Crippen LogP contribution in [0.15, 0.2) is 42.5 Å². The molecule has 2 N–H and O–H groups in total. The van der Waals surface area contributed by atoms with Gasteiger partial charge in [-0.15, -0.1) is 0 Å². The van der Waals surface area contributed by atoms with Crippen LogP contribution < -0.4 is 15.4 Å². The summed E-state index contributed by atoms with van der Waals surface area (Å²) in [6, 6.07) is 12.8. The number of ether oxygens (including phenoxy) is 1. The van der Waals surface area contributed by atoms with Crippen molar-refractivity contribution in [3.8, 4) is 5.75 Å². The Morgan fingerprint density at radius 3 is 2.20 bits per heavy atom. The number of carbonyl (C=O) groups excluding carboxylic acids is 2. The number of hydrogen-bond donors (Lipinski definition) is 2. The van der Waals surface area contributed by atoms with Crippen LogP contribution in [-0.2, 0) is 9.59 Å². The zero-order valence-electron chi connectivity index (χ0n) is 15.1. The Bertz CT molecular complexity index is 769. The highest BCUT2D eigenvalue weighted by Crippen LogP contribution is 2.25. The van der Waals surface area contributed by atoms with Gasteiger partial charge in [0.05, 0.1) is 11.8 Å². The normalized spacial score (nSPS) is 10.4. The fourth-order valence-electron chi connectivity index (χ4n) is 2.35. The van der Waals surface area contributed by atoms with Crippen molar-refractivity contribution in [1.29, 1.82) is 0 Å². The highest BCUT2D eigenvalue weighted by atomic mass is 16.5. The summed E-state index contributed by atoms with van der Waals surface area (Å²) in [5.41, 5.74) is 3.36. The maximum absolute atomic E-state index is 12.2. The Morgan fingerprint density at radius 2 is 1.52 bits per heavy atom. The topological polar surface area (TPSA) is 67.4 Å². The fraction of sp³-hybridized carbons (Fsp3) is 0.300. The molecule has 5 nitrogen and oxygen atoms in total. The first-order chi connectivity index (χ1) is 11.9. The number of aryl methyl sites for hydroxylation is 1. The summed E-state index contributed by atoms with van der Waals surface area (Å²) >= 11 is 0. The van der Waals surface area contributed by atoms with Gasteiger partial charge in [-0.1, -0.05) is 24.3 Å². The smallest absolute Gasteiger partial charge is 0.233 e. The molecule has 0 fully saturated rings. The summed E-state index contributed by atoms with van der Waals surface area (Å²) in [6.07, 6.45) is -0.269. The van der Waals surface area contributed by atoms with Crippen LogP contribution >= 0.6 is 0 Å². The SMILES string of the molecule is Cc1cccc(NC(=O)CC(=O)Nc2ccccc2OC(C)C)c1C. The van der Waals surface area contributed by atoms with Gasteiger partial charge in [-0.25, -0.2) is 0 Å². The molecule has 2 rings (SSSR count). The van der Waals surface area contributed by atoms with Gasteiger partial charge < -0.3 is 15.4 Å². The van der Waals surface area contributed by atoms with E-state index >= 15 is 0 Å². The first-order valence-electron chi connectivity index (χ1n) is 8.28. The lowest BCUT2D eigenvalue weighted by Crippen LogP contribution is -2.22. The van der Waals surface area contributed by atoms with Crippen molar-refractivity contribution in [3.05, 3.63) is 53.6 Å². The molecule has 0 aliphatic carbocycles. The molecule has 0 radical (unpaired) electrons. The van der Waals surface area contributed by atoms with Crippen LogP contribution in [0.3, 0.4) is 0 Å². The quantitative estimate of drug-likeness (QED) is 0.779. The van der Waals surface area contributed by atoms with E-state index in [9.17, 15) is 9.59 Å². The van der Waals surface area contributed by atoms with Crippen molar-refractivity contribution < 1.29 is 14.3 Å². The Balaban J connectivity index is 1.98. The molecule has 0 heterocycles.